The van der Waals surface area contributed by atoms with Gasteiger partial charge in [0.05, 0.1) is 6.61 Å². The van der Waals surface area contributed by atoms with Crippen LogP contribution >= 0.6 is 0 Å². The average molecular weight is 169 g/mol. The lowest BCUT2D eigenvalue weighted by Crippen LogP contribution is -2.42. The van der Waals surface area contributed by atoms with Gasteiger partial charge in [0.1, 0.15) is 0 Å². The minimum absolute atomic E-state index is 0.0103. The molecule has 0 aliphatic heterocycles. The van der Waals surface area contributed by atoms with E-state index in [1.807, 2.05) is 7.05 Å². The van der Waals surface area contributed by atoms with Crippen LogP contribution in [0.15, 0.2) is 12.2 Å². The third-order valence-corrected chi connectivity index (χ3v) is 3.00. The van der Waals surface area contributed by atoms with Crippen LogP contribution in [0.2, 0.25) is 0 Å². The van der Waals surface area contributed by atoms with Gasteiger partial charge in [-0.1, -0.05) is 19.1 Å². The number of aliphatic hydroxyl groups is 1. The van der Waals surface area contributed by atoms with E-state index in [-0.39, 0.29) is 17.6 Å². The van der Waals surface area contributed by atoms with Crippen LogP contribution < -0.4 is 5.32 Å². The van der Waals surface area contributed by atoms with E-state index in [9.17, 15) is 0 Å². The fourth-order valence-corrected chi connectivity index (χ4v) is 1.44. The molecule has 0 saturated heterocycles. The molecule has 0 aromatic rings. The average Bonchev–Trinajstić information content (AvgIpc) is 2.11. The highest BCUT2D eigenvalue weighted by Gasteiger charge is 2.30. The summed E-state index contributed by atoms with van der Waals surface area (Å²) in [5, 5.41) is 12.4. The summed E-state index contributed by atoms with van der Waals surface area (Å²) in [6.07, 6.45) is 6.45. The van der Waals surface area contributed by atoms with Crippen molar-refractivity contribution in [3.8, 4) is 0 Å². The second-order valence-electron chi connectivity index (χ2n) is 4.31. The first-order valence-electron chi connectivity index (χ1n) is 4.54. The number of rotatable bonds is 2. The summed E-state index contributed by atoms with van der Waals surface area (Å²) in [6, 6.07) is 0. The fraction of sp³-hybridized carbons (Fsp3) is 0.800. The predicted octanol–water partition coefficient (Wildman–Crippen LogP) is 1.31. The van der Waals surface area contributed by atoms with Crippen molar-refractivity contribution in [2.75, 3.05) is 13.7 Å². The van der Waals surface area contributed by atoms with Gasteiger partial charge in [-0.05, 0) is 26.8 Å². The molecule has 2 heteroatoms. The van der Waals surface area contributed by atoms with Crippen LogP contribution in [0.4, 0.5) is 0 Å². The molecule has 0 bridgehead atoms. The van der Waals surface area contributed by atoms with Crippen LogP contribution in [-0.2, 0) is 0 Å². The number of hydrogen-bond donors (Lipinski definition) is 2. The topological polar surface area (TPSA) is 32.3 Å². The van der Waals surface area contributed by atoms with E-state index in [2.05, 4.69) is 31.3 Å². The lowest BCUT2D eigenvalue weighted by atomic mass is 9.75. The highest BCUT2D eigenvalue weighted by molar-refractivity contribution is 5.13. The molecule has 0 spiro atoms. The molecule has 0 saturated carbocycles. The lowest BCUT2D eigenvalue weighted by molar-refractivity contribution is 0.155. The van der Waals surface area contributed by atoms with Gasteiger partial charge in [-0.3, -0.25) is 0 Å². The maximum absolute atomic E-state index is 9.12. The Bertz CT molecular complexity index is 170. The van der Waals surface area contributed by atoms with E-state index in [1.165, 1.54) is 0 Å². The number of nitrogens with one attached hydrogen (secondary N) is 1. The summed E-state index contributed by atoms with van der Waals surface area (Å²) in [4.78, 5) is 0. The SMILES string of the molecule is CNC1(C)C=CC(C)(CO)CC1. The van der Waals surface area contributed by atoms with Crippen molar-refractivity contribution in [2.24, 2.45) is 5.41 Å². The molecular weight excluding hydrogens is 150 g/mol. The zero-order valence-corrected chi connectivity index (χ0v) is 8.22. The lowest BCUT2D eigenvalue weighted by Gasteiger charge is -2.36. The molecule has 0 aromatic carbocycles. The molecule has 2 nitrogen and oxygen atoms in total. The molecule has 1 rings (SSSR count). The smallest absolute Gasteiger partial charge is 0.0519 e. The Balaban J connectivity index is 2.70. The van der Waals surface area contributed by atoms with Crippen molar-refractivity contribution in [2.45, 2.75) is 32.2 Å². The first-order chi connectivity index (χ1) is 5.54. The molecule has 0 radical (unpaired) electrons. The second kappa shape index (κ2) is 3.19. The van der Waals surface area contributed by atoms with Crippen molar-refractivity contribution < 1.29 is 5.11 Å². The Morgan fingerprint density at radius 2 is 2.00 bits per heavy atom. The van der Waals surface area contributed by atoms with E-state index in [0.717, 1.165) is 12.8 Å². The molecule has 2 unspecified atom stereocenters. The Morgan fingerprint density at radius 3 is 2.33 bits per heavy atom. The van der Waals surface area contributed by atoms with Crippen molar-refractivity contribution in [3.63, 3.8) is 0 Å². The standard InChI is InChI=1S/C10H19NO/c1-9(8-12)4-6-10(2,11-3)7-5-9/h4,6,11-12H,5,7-8H2,1-3H3. The van der Waals surface area contributed by atoms with Crippen LogP contribution in [0, 0.1) is 5.41 Å². The summed E-state index contributed by atoms with van der Waals surface area (Å²) in [5.74, 6) is 0. The molecule has 1 aliphatic carbocycles. The molecule has 0 heterocycles. The zero-order valence-electron chi connectivity index (χ0n) is 8.22. The minimum atomic E-state index is 0.0103. The van der Waals surface area contributed by atoms with Gasteiger partial charge in [-0.25, -0.2) is 0 Å². The van der Waals surface area contributed by atoms with Crippen molar-refractivity contribution in [1.82, 2.24) is 5.32 Å². The van der Waals surface area contributed by atoms with Gasteiger partial charge < -0.3 is 10.4 Å². The fourth-order valence-electron chi connectivity index (χ4n) is 1.44. The highest BCUT2D eigenvalue weighted by Crippen LogP contribution is 2.33. The Hall–Kier alpha value is -0.340. The Labute approximate surface area is 74.7 Å². The van der Waals surface area contributed by atoms with Crippen molar-refractivity contribution in [3.05, 3.63) is 12.2 Å². The van der Waals surface area contributed by atoms with Crippen molar-refractivity contribution >= 4 is 0 Å². The molecule has 0 amide bonds. The number of hydrogen-bond acceptors (Lipinski definition) is 2. The Kier molecular flexibility index (Phi) is 2.59. The molecule has 2 N–H and O–H groups in total. The molecule has 1 aliphatic rings. The molecule has 2 atom stereocenters. The van der Waals surface area contributed by atoms with Crippen molar-refractivity contribution in [1.29, 1.82) is 0 Å². The first-order valence-corrected chi connectivity index (χ1v) is 4.54. The second-order valence-corrected chi connectivity index (χ2v) is 4.31. The molecule has 70 valence electrons. The molecule has 0 fully saturated rings. The van der Waals surface area contributed by atoms with E-state index in [1.54, 1.807) is 0 Å². The molecule has 12 heavy (non-hydrogen) atoms. The first kappa shape index (κ1) is 9.75. The minimum Gasteiger partial charge on any atom is -0.395 e. The normalized spacial score (nSPS) is 41.7. The maximum Gasteiger partial charge on any atom is 0.0519 e. The van der Waals surface area contributed by atoms with E-state index >= 15 is 0 Å². The number of likely N-dealkylation sites (N-methyl/N-ethyl adjacent to an activating group) is 1. The third kappa shape index (κ3) is 1.87. The zero-order chi connectivity index (χ0) is 9.24. The van der Waals surface area contributed by atoms with E-state index < -0.39 is 0 Å². The summed E-state index contributed by atoms with van der Waals surface area (Å²) < 4.78 is 0. The quantitative estimate of drug-likeness (QED) is 0.611. The summed E-state index contributed by atoms with van der Waals surface area (Å²) >= 11 is 0. The van der Waals surface area contributed by atoms with Gasteiger partial charge in [0.2, 0.25) is 0 Å². The molecular formula is C10H19NO. The van der Waals surface area contributed by atoms with Crippen LogP contribution in [0.25, 0.3) is 0 Å². The van der Waals surface area contributed by atoms with Crippen LogP contribution in [0.1, 0.15) is 26.7 Å². The van der Waals surface area contributed by atoms with E-state index in [4.69, 9.17) is 5.11 Å². The van der Waals surface area contributed by atoms with Gasteiger partial charge in [0.15, 0.2) is 0 Å². The molecule has 0 aromatic heterocycles. The van der Waals surface area contributed by atoms with Crippen LogP contribution in [-0.4, -0.2) is 24.3 Å². The van der Waals surface area contributed by atoms with Gasteiger partial charge in [0.25, 0.3) is 0 Å². The Morgan fingerprint density at radius 1 is 1.33 bits per heavy atom. The van der Waals surface area contributed by atoms with Gasteiger partial charge in [-0.15, -0.1) is 0 Å². The van der Waals surface area contributed by atoms with Crippen LogP contribution in [0.5, 0.6) is 0 Å². The number of aliphatic hydroxyl groups excluding tert-OH is 1. The summed E-state index contributed by atoms with van der Waals surface area (Å²) in [7, 11) is 1.98. The van der Waals surface area contributed by atoms with Gasteiger partial charge >= 0.3 is 0 Å². The monoisotopic (exact) mass is 169 g/mol. The third-order valence-electron chi connectivity index (χ3n) is 3.00. The maximum atomic E-state index is 9.12. The largest absolute Gasteiger partial charge is 0.395 e. The summed E-state index contributed by atoms with van der Waals surface area (Å²) in [6.45, 7) is 4.53. The summed E-state index contributed by atoms with van der Waals surface area (Å²) in [5.41, 5.74) is 0.144. The van der Waals surface area contributed by atoms with E-state index in [0.29, 0.717) is 0 Å². The van der Waals surface area contributed by atoms with Gasteiger partial charge in [-0.2, -0.15) is 0 Å². The van der Waals surface area contributed by atoms with Gasteiger partial charge in [0, 0.05) is 11.0 Å². The predicted molar refractivity (Wildman–Crippen MR) is 51.0 cm³/mol. The van der Waals surface area contributed by atoms with Crippen LogP contribution in [0.3, 0.4) is 0 Å². The highest BCUT2D eigenvalue weighted by atomic mass is 16.3.